The third-order valence-electron chi connectivity index (χ3n) is 2.62. The molecule has 0 radical (unpaired) electrons. The fourth-order valence-corrected chi connectivity index (χ4v) is 2.06. The molecule has 0 aliphatic rings. The predicted octanol–water partition coefficient (Wildman–Crippen LogP) is 2.90. The molecule has 0 amide bonds. The van der Waals surface area contributed by atoms with Crippen molar-refractivity contribution in [2.75, 3.05) is 0 Å². The Kier molecular flexibility index (Phi) is 3.93. The number of hydrogen-bond donors (Lipinski definition) is 1. The Morgan fingerprint density at radius 2 is 1.95 bits per heavy atom. The van der Waals surface area contributed by atoms with Crippen LogP contribution in [0.4, 0.5) is 0 Å². The number of hydrogen-bond acceptors (Lipinski definition) is 2. The molecule has 0 spiro atoms. The number of carboxylic acid groups (broad SMARTS) is 1. The molecule has 1 heterocycles. The van der Waals surface area contributed by atoms with Gasteiger partial charge in [0.1, 0.15) is 5.56 Å². The van der Waals surface area contributed by atoms with Crippen molar-refractivity contribution < 1.29 is 9.90 Å². The first-order valence-corrected chi connectivity index (χ1v) is 6.12. The van der Waals surface area contributed by atoms with Gasteiger partial charge in [0, 0.05) is 6.20 Å². The summed E-state index contributed by atoms with van der Waals surface area (Å²) in [5, 5.41) is 9.64. The molecule has 19 heavy (non-hydrogen) atoms. The summed E-state index contributed by atoms with van der Waals surface area (Å²) < 4.78 is 1.28. The molecule has 0 aliphatic carbocycles. The second-order valence-corrected chi connectivity index (χ2v) is 4.66. The summed E-state index contributed by atoms with van der Waals surface area (Å²) in [7, 11) is 0. The van der Waals surface area contributed by atoms with E-state index in [9.17, 15) is 9.59 Å². The molecule has 98 valence electrons. The van der Waals surface area contributed by atoms with E-state index in [0.29, 0.717) is 15.6 Å². The minimum absolute atomic E-state index is 0.166. The van der Waals surface area contributed by atoms with Gasteiger partial charge < -0.3 is 9.67 Å². The van der Waals surface area contributed by atoms with Crippen LogP contribution in [0.15, 0.2) is 41.3 Å². The smallest absolute Gasteiger partial charge is 0.341 e. The van der Waals surface area contributed by atoms with Gasteiger partial charge in [-0.15, -0.1) is 0 Å². The van der Waals surface area contributed by atoms with Gasteiger partial charge >= 0.3 is 5.97 Å². The molecule has 1 N–H and O–H groups in total. The number of aromatic carboxylic acids is 1. The Balaban J connectivity index is 2.45. The number of pyridine rings is 1. The van der Waals surface area contributed by atoms with Crippen molar-refractivity contribution in [3.05, 3.63) is 68.1 Å². The summed E-state index contributed by atoms with van der Waals surface area (Å²) in [6.07, 6.45) is 1.51. The lowest BCUT2D eigenvalue weighted by Crippen LogP contribution is -2.26. The molecular formula is C13H9Cl2NO3. The van der Waals surface area contributed by atoms with Crippen LogP contribution in [0.25, 0.3) is 0 Å². The zero-order valence-electron chi connectivity index (χ0n) is 9.64. The Morgan fingerprint density at radius 1 is 1.21 bits per heavy atom. The van der Waals surface area contributed by atoms with Crippen molar-refractivity contribution in [2.24, 2.45) is 0 Å². The van der Waals surface area contributed by atoms with Crippen LogP contribution >= 0.6 is 23.2 Å². The first-order chi connectivity index (χ1) is 9.00. The largest absolute Gasteiger partial charge is 0.477 e. The number of aromatic nitrogens is 1. The van der Waals surface area contributed by atoms with E-state index in [1.54, 1.807) is 18.2 Å². The van der Waals surface area contributed by atoms with Crippen molar-refractivity contribution >= 4 is 29.2 Å². The molecule has 2 aromatic rings. The normalized spacial score (nSPS) is 10.4. The Morgan fingerprint density at radius 3 is 2.63 bits per heavy atom. The molecule has 0 unspecified atom stereocenters. The number of benzene rings is 1. The van der Waals surface area contributed by atoms with Gasteiger partial charge in [-0.25, -0.2) is 4.79 Å². The van der Waals surface area contributed by atoms with Crippen molar-refractivity contribution in [3.8, 4) is 0 Å². The van der Waals surface area contributed by atoms with Crippen LogP contribution in [0, 0.1) is 0 Å². The van der Waals surface area contributed by atoms with Gasteiger partial charge in [-0.3, -0.25) is 4.79 Å². The maximum absolute atomic E-state index is 11.9. The van der Waals surface area contributed by atoms with Gasteiger partial charge in [0.25, 0.3) is 5.56 Å². The minimum atomic E-state index is -1.25. The maximum atomic E-state index is 11.9. The monoisotopic (exact) mass is 297 g/mol. The molecule has 0 saturated carbocycles. The zero-order valence-corrected chi connectivity index (χ0v) is 11.1. The van der Waals surface area contributed by atoms with Crippen LogP contribution in [0.5, 0.6) is 0 Å². The third-order valence-corrected chi connectivity index (χ3v) is 3.48. The van der Waals surface area contributed by atoms with Gasteiger partial charge in [-0.05, 0) is 23.8 Å². The van der Waals surface area contributed by atoms with Gasteiger partial charge in [0.2, 0.25) is 0 Å². The average Bonchev–Trinajstić information content (AvgIpc) is 2.37. The summed E-state index contributed by atoms with van der Waals surface area (Å²) in [6, 6.07) is 7.86. The summed E-state index contributed by atoms with van der Waals surface area (Å²) >= 11 is 11.9. The highest BCUT2D eigenvalue weighted by molar-refractivity contribution is 6.42. The fraction of sp³-hybridized carbons (Fsp3) is 0.0769. The SMILES string of the molecule is O=C(O)c1cccn(Cc2cccc(Cl)c2Cl)c1=O. The molecule has 2 rings (SSSR count). The Bertz CT molecular complexity index is 695. The number of carboxylic acids is 1. The van der Waals surface area contributed by atoms with E-state index in [2.05, 4.69) is 0 Å². The first kappa shape index (κ1) is 13.6. The van der Waals surface area contributed by atoms with E-state index in [1.165, 1.54) is 22.9 Å². The fourth-order valence-electron chi connectivity index (χ4n) is 1.68. The summed E-state index contributed by atoms with van der Waals surface area (Å²) in [4.78, 5) is 22.8. The minimum Gasteiger partial charge on any atom is -0.477 e. The molecule has 0 fully saturated rings. The molecule has 0 bridgehead atoms. The van der Waals surface area contributed by atoms with Crippen LogP contribution < -0.4 is 5.56 Å². The van der Waals surface area contributed by atoms with E-state index in [-0.39, 0.29) is 12.1 Å². The quantitative estimate of drug-likeness (QED) is 0.947. The maximum Gasteiger partial charge on any atom is 0.341 e. The van der Waals surface area contributed by atoms with Crippen molar-refractivity contribution in [3.63, 3.8) is 0 Å². The standard InChI is InChI=1S/C13H9Cl2NO3/c14-10-5-1-3-8(11(10)15)7-16-6-2-4-9(12(16)17)13(18)19/h1-6H,7H2,(H,18,19). The number of halogens is 2. The van der Waals surface area contributed by atoms with E-state index >= 15 is 0 Å². The van der Waals surface area contributed by atoms with Crippen LogP contribution in [0.3, 0.4) is 0 Å². The van der Waals surface area contributed by atoms with Gasteiger partial charge in [-0.1, -0.05) is 35.3 Å². The summed E-state index contributed by atoms with van der Waals surface area (Å²) in [5.74, 6) is -1.25. The predicted molar refractivity (Wildman–Crippen MR) is 73.2 cm³/mol. The summed E-state index contributed by atoms with van der Waals surface area (Å²) in [6.45, 7) is 0.166. The second kappa shape index (κ2) is 5.47. The first-order valence-electron chi connectivity index (χ1n) is 5.36. The van der Waals surface area contributed by atoms with E-state index in [0.717, 1.165) is 0 Å². The Hall–Kier alpha value is -1.78. The Labute approximate surface area is 118 Å². The van der Waals surface area contributed by atoms with E-state index in [1.807, 2.05) is 0 Å². The highest BCUT2D eigenvalue weighted by Crippen LogP contribution is 2.25. The van der Waals surface area contributed by atoms with Crippen LogP contribution in [0.2, 0.25) is 10.0 Å². The second-order valence-electron chi connectivity index (χ2n) is 3.87. The average molecular weight is 298 g/mol. The van der Waals surface area contributed by atoms with Crippen LogP contribution in [0.1, 0.15) is 15.9 Å². The van der Waals surface area contributed by atoms with Crippen molar-refractivity contribution in [1.29, 1.82) is 0 Å². The van der Waals surface area contributed by atoms with Gasteiger partial charge in [0.15, 0.2) is 0 Å². The van der Waals surface area contributed by atoms with Gasteiger partial charge in [-0.2, -0.15) is 0 Å². The van der Waals surface area contributed by atoms with E-state index < -0.39 is 11.5 Å². The lowest BCUT2D eigenvalue weighted by atomic mass is 10.2. The molecule has 6 heteroatoms. The number of rotatable bonds is 3. The summed E-state index contributed by atoms with van der Waals surface area (Å²) in [5.41, 5.74) is -0.203. The topological polar surface area (TPSA) is 59.3 Å². The molecular weight excluding hydrogens is 289 g/mol. The lowest BCUT2D eigenvalue weighted by molar-refractivity contribution is 0.0694. The molecule has 4 nitrogen and oxygen atoms in total. The molecule has 1 aromatic carbocycles. The third kappa shape index (κ3) is 2.80. The van der Waals surface area contributed by atoms with Crippen LogP contribution in [-0.2, 0) is 6.54 Å². The molecule has 0 saturated heterocycles. The van der Waals surface area contributed by atoms with Crippen molar-refractivity contribution in [1.82, 2.24) is 4.57 Å². The molecule has 0 aliphatic heterocycles. The van der Waals surface area contributed by atoms with Crippen LogP contribution in [-0.4, -0.2) is 15.6 Å². The molecule has 0 atom stereocenters. The number of nitrogens with zero attached hydrogens (tertiary/aromatic N) is 1. The highest BCUT2D eigenvalue weighted by atomic mass is 35.5. The number of carbonyl (C=O) groups is 1. The molecule has 1 aromatic heterocycles. The van der Waals surface area contributed by atoms with E-state index in [4.69, 9.17) is 28.3 Å². The van der Waals surface area contributed by atoms with Crippen molar-refractivity contribution in [2.45, 2.75) is 6.54 Å². The lowest BCUT2D eigenvalue weighted by Gasteiger charge is -2.09. The highest BCUT2D eigenvalue weighted by Gasteiger charge is 2.11. The zero-order chi connectivity index (χ0) is 14.0. The van der Waals surface area contributed by atoms with Gasteiger partial charge in [0.05, 0.1) is 16.6 Å².